The van der Waals surface area contributed by atoms with Gasteiger partial charge in [-0.1, -0.05) is 12.1 Å². The van der Waals surface area contributed by atoms with Crippen molar-refractivity contribution in [3.8, 4) is 5.75 Å². The standard InChI is InChI=1S/C19H16F6N2O2/c20-18(21,22)14-5-1-2-6-15(14)26-17(28)11-27-9-3-4-12-10-13(7-8-16(12)27)29-19(23,24)25/h1-2,5-8,10H,3-4,9,11H2,(H,26,28). The zero-order chi connectivity index (χ0) is 21.2. The second-order valence-electron chi connectivity index (χ2n) is 6.45. The predicted octanol–water partition coefficient (Wildman–Crippen LogP) is 5.00. The van der Waals surface area contributed by atoms with Crippen molar-refractivity contribution >= 4 is 17.3 Å². The molecule has 1 aliphatic rings. The number of hydrogen-bond acceptors (Lipinski definition) is 3. The Morgan fingerprint density at radius 3 is 2.48 bits per heavy atom. The molecule has 0 unspecified atom stereocenters. The summed E-state index contributed by atoms with van der Waals surface area (Å²) in [4.78, 5) is 13.9. The molecule has 4 nitrogen and oxygen atoms in total. The molecule has 0 bridgehead atoms. The number of benzene rings is 2. The van der Waals surface area contributed by atoms with Crippen molar-refractivity contribution in [3.05, 3.63) is 53.6 Å². The highest BCUT2D eigenvalue weighted by atomic mass is 19.4. The highest BCUT2D eigenvalue weighted by Gasteiger charge is 2.34. The average Bonchev–Trinajstić information content (AvgIpc) is 2.60. The van der Waals surface area contributed by atoms with Crippen molar-refractivity contribution in [3.63, 3.8) is 0 Å². The van der Waals surface area contributed by atoms with Gasteiger partial charge in [-0.3, -0.25) is 4.79 Å². The zero-order valence-electron chi connectivity index (χ0n) is 14.9. The van der Waals surface area contributed by atoms with E-state index in [0.717, 1.165) is 18.2 Å². The van der Waals surface area contributed by atoms with Crippen molar-refractivity contribution in [1.82, 2.24) is 0 Å². The van der Waals surface area contributed by atoms with Crippen LogP contribution in [0.25, 0.3) is 0 Å². The van der Waals surface area contributed by atoms with Gasteiger partial charge in [0.25, 0.3) is 0 Å². The van der Waals surface area contributed by atoms with Gasteiger partial charge in [-0.25, -0.2) is 0 Å². The molecule has 0 aromatic heterocycles. The van der Waals surface area contributed by atoms with Gasteiger partial charge < -0.3 is 15.0 Å². The van der Waals surface area contributed by atoms with Gasteiger partial charge in [-0.2, -0.15) is 13.2 Å². The van der Waals surface area contributed by atoms with Crippen LogP contribution in [0.5, 0.6) is 5.75 Å². The molecule has 0 radical (unpaired) electrons. The van der Waals surface area contributed by atoms with Crippen LogP contribution >= 0.6 is 0 Å². The number of ether oxygens (including phenoxy) is 1. The van der Waals surface area contributed by atoms with Crippen LogP contribution in [0.1, 0.15) is 17.5 Å². The largest absolute Gasteiger partial charge is 0.573 e. The number of nitrogens with zero attached hydrogens (tertiary/aromatic N) is 1. The Morgan fingerprint density at radius 1 is 1.07 bits per heavy atom. The number of para-hydroxylation sites is 1. The zero-order valence-corrected chi connectivity index (χ0v) is 14.9. The van der Waals surface area contributed by atoms with E-state index in [1.807, 2.05) is 0 Å². The molecule has 3 rings (SSSR count). The van der Waals surface area contributed by atoms with E-state index < -0.39 is 24.0 Å². The van der Waals surface area contributed by atoms with Crippen LogP contribution in [0.2, 0.25) is 0 Å². The monoisotopic (exact) mass is 418 g/mol. The summed E-state index contributed by atoms with van der Waals surface area (Å²) in [5.41, 5.74) is -0.191. The molecular formula is C19H16F6N2O2. The highest BCUT2D eigenvalue weighted by Crippen LogP contribution is 2.35. The molecule has 29 heavy (non-hydrogen) atoms. The number of nitrogens with one attached hydrogen (secondary N) is 1. The summed E-state index contributed by atoms with van der Waals surface area (Å²) in [6, 6.07) is 8.43. The summed E-state index contributed by atoms with van der Waals surface area (Å²) in [6.07, 6.45) is -8.35. The van der Waals surface area contributed by atoms with Crippen molar-refractivity contribution < 1.29 is 35.9 Å². The fraction of sp³-hybridized carbons (Fsp3) is 0.316. The molecule has 0 saturated heterocycles. The molecule has 0 saturated carbocycles. The first-order chi connectivity index (χ1) is 13.5. The Kier molecular flexibility index (Phi) is 5.63. The summed E-state index contributed by atoms with van der Waals surface area (Å²) in [7, 11) is 0. The quantitative estimate of drug-likeness (QED) is 0.711. The normalized spacial score (nSPS) is 14.3. The summed E-state index contributed by atoms with van der Waals surface area (Å²) >= 11 is 0. The lowest BCUT2D eigenvalue weighted by molar-refractivity contribution is -0.274. The maximum absolute atomic E-state index is 13.1. The second-order valence-corrected chi connectivity index (χ2v) is 6.45. The maximum atomic E-state index is 13.1. The molecule has 0 spiro atoms. The van der Waals surface area contributed by atoms with E-state index in [1.54, 1.807) is 4.90 Å². The minimum atomic E-state index is -4.81. The van der Waals surface area contributed by atoms with Crippen LogP contribution in [0, 0.1) is 0 Å². The summed E-state index contributed by atoms with van der Waals surface area (Å²) in [6.45, 7) is 0.208. The fourth-order valence-corrected chi connectivity index (χ4v) is 3.22. The van der Waals surface area contributed by atoms with E-state index >= 15 is 0 Å². The first-order valence-corrected chi connectivity index (χ1v) is 8.62. The molecule has 0 aliphatic carbocycles. The van der Waals surface area contributed by atoms with Gasteiger partial charge in [0.2, 0.25) is 5.91 Å². The van der Waals surface area contributed by atoms with E-state index in [4.69, 9.17) is 0 Å². The number of aryl methyl sites for hydroxylation is 1. The third-order valence-electron chi connectivity index (χ3n) is 4.34. The van der Waals surface area contributed by atoms with E-state index in [0.29, 0.717) is 30.6 Å². The molecule has 2 aromatic carbocycles. The Morgan fingerprint density at radius 2 is 1.79 bits per heavy atom. The molecule has 0 atom stereocenters. The number of hydrogen-bond donors (Lipinski definition) is 1. The second kappa shape index (κ2) is 7.84. The van der Waals surface area contributed by atoms with E-state index in [2.05, 4.69) is 10.1 Å². The SMILES string of the molecule is O=C(CN1CCCc2cc(OC(F)(F)F)ccc21)Nc1ccccc1C(F)(F)F. The lowest BCUT2D eigenvalue weighted by Gasteiger charge is -2.31. The minimum Gasteiger partial charge on any atom is -0.406 e. The molecule has 1 N–H and O–H groups in total. The molecule has 0 fully saturated rings. The van der Waals surface area contributed by atoms with Crippen LogP contribution in [0.4, 0.5) is 37.7 Å². The van der Waals surface area contributed by atoms with Crippen molar-refractivity contribution in [2.75, 3.05) is 23.3 Å². The van der Waals surface area contributed by atoms with Gasteiger partial charge in [0.15, 0.2) is 0 Å². The Hall–Kier alpha value is -2.91. The molecule has 156 valence electrons. The van der Waals surface area contributed by atoms with Crippen LogP contribution in [0.15, 0.2) is 42.5 Å². The fourth-order valence-electron chi connectivity index (χ4n) is 3.22. The number of alkyl halides is 6. The smallest absolute Gasteiger partial charge is 0.406 e. The number of anilines is 2. The number of halogens is 6. The van der Waals surface area contributed by atoms with E-state index in [-0.39, 0.29) is 18.0 Å². The molecule has 1 heterocycles. The van der Waals surface area contributed by atoms with Crippen molar-refractivity contribution in [1.29, 1.82) is 0 Å². The van der Waals surface area contributed by atoms with Gasteiger partial charge in [-0.15, -0.1) is 13.2 Å². The molecule has 2 aromatic rings. The van der Waals surface area contributed by atoms with Crippen LogP contribution in [-0.2, 0) is 17.4 Å². The molecule has 1 aliphatic heterocycles. The van der Waals surface area contributed by atoms with Gasteiger partial charge in [0.05, 0.1) is 17.8 Å². The van der Waals surface area contributed by atoms with Gasteiger partial charge in [0.1, 0.15) is 5.75 Å². The van der Waals surface area contributed by atoms with Crippen molar-refractivity contribution in [2.45, 2.75) is 25.4 Å². The van der Waals surface area contributed by atoms with Crippen LogP contribution in [-0.4, -0.2) is 25.4 Å². The number of fused-ring (bicyclic) bond motifs is 1. The highest BCUT2D eigenvalue weighted by molar-refractivity contribution is 5.95. The molecule has 10 heteroatoms. The Bertz CT molecular complexity index is 895. The third kappa shape index (κ3) is 5.33. The molecular weight excluding hydrogens is 402 g/mol. The van der Waals surface area contributed by atoms with Gasteiger partial charge >= 0.3 is 12.5 Å². The van der Waals surface area contributed by atoms with E-state index in [9.17, 15) is 31.1 Å². The Labute approximate surface area is 162 Å². The summed E-state index contributed by atoms with van der Waals surface area (Å²) in [5.74, 6) is -1.02. The first-order valence-electron chi connectivity index (χ1n) is 8.62. The van der Waals surface area contributed by atoms with Crippen LogP contribution < -0.4 is 15.0 Å². The van der Waals surface area contributed by atoms with E-state index in [1.165, 1.54) is 24.3 Å². The third-order valence-corrected chi connectivity index (χ3v) is 4.34. The van der Waals surface area contributed by atoms with Gasteiger partial charge in [-0.05, 0) is 48.7 Å². The average molecular weight is 418 g/mol. The number of rotatable bonds is 4. The number of amides is 1. The topological polar surface area (TPSA) is 41.6 Å². The lowest BCUT2D eigenvalue weighted by Crippen LogP contribution is -2.37. The summed E-state index contributed by atoms with van der Waals surface area (Å²) in [5, 5.41) is 2.26. The number of carbonyl (C=O) groups excluding carboxylic acids is 1. The van der Waals surface area contributed by atoms with Crippen LogP contribution in [0.3, 0.4) is 0 Å². The number of carbonyl (C=O) groups is 1. The first kappa shape index (κ1) is 20.8. The minimum absolute atomic E-state index is 0.237. The molecule has 1 amide bonds. The predicted molar refractivity (Wildman–Crippen MR) is 93.7 cm³/mol. The lowest BCUT2D eigenvalue weighted by atomic mass is 10.0. The maximum Gasteiger partial charge on any atom is 0.573 e. The Balaban J connectivity index is 1.73. The van der Waals surface area contributed by atoms with Gasteiger partial charge in [0, 0.05) is 12.2 Å². The van der Waals surface area contributed by atoms with Crippen molar-refractivity contribution in [2.24, 2.45) is 0 Å². The summed E-state index contributed by atoms with van der Waals surface area (Å²) < 4.78 is 80.2.